The molecule has 1 aromatic heterocycles. The summed E-state index contributed by atoms with van der Waals surface area (Å²) in [5.74, 6) is -0.218. The van der Waals surface area contributed by atoms with Crippen LogP contribution in [0.4, 0.5) is 0 Å². The van der Waals surface area contributed by atoms with E-state index in [-0.39, 0.29) is 34.8 Å². The standard InChI is InChI=1S/C14H15N3O5S2/c18-13(7-23-10-5-6-24(20,21)8-10)22-9-17-14(19)11-3-1-2-4-12(11)15-16-17/h1-4,10H,5-9H2/t10-/m1/s1. The maximum absolute atomic E-state index is 12.2. The van der Waals surface area contributed by atoms with Crippen molar-refractivity contribution < 1.29 is 17.9 Å². The molecular weight excluding hydrogens is 354 g/mol. The molecule has 1 fully saturated rings. The predicted octanol–water partition coefficient (Wildman–Crippen LogP) is 0.212. The Morgan fingerprint density at radius 3 is 2.92 bits per heavy atom. The van der Waals surface area contributed by atoms with Crippen molar-refractivity contribution in [3.63, 3.8) is 0 Å². The van der Waals surface area contributed by atoms with Gasteiger partial charge >= 0.3 is 5.97 Å². The summed E-state index contributed by atoms with van der Waals surface area (Å²) in [6.07, 6.45) is 0.551. The van der Waals surface area contributed by atoms with Crippen LogP contribution in [0.3, 0.4) is 0 Å². The van der Waals surface area contributed by atoms with Crippen molar-refractivity contribution in [2.45, 2.75) is 18.4 Å². The first-order valence-corrected chi connectivity index (χ1v) is 10.1. The van der Waals surface area contributed by atoms with Gasteiger partial charge in [-0.3, -0.25) is 9.59 Å². The number of sulfone groups is 1. The molecule has 2 heterocycles. The van der Waals surface area contributed by atoms with Gasteiger partial charge in [0.25, 0.3) is 5.56 Å². The number of thioether (sulfide) groups is 1. The second kappa shape index (κ2) is 6.89. The fourth-order valence-corrected chi connectivity index (χ4v) is 5.80. The van der Waals surface area contributed by atoms with E-state index in [1.807, 2.05) is 0 Å². The average molecular weight is 369 g/mol. The number of rotatable bonds is 5. The molecule has 0 spiro atoms. The number of carbonyl (C=O) groups excluding carboxylic acids is 1. The van der Waals surface area contributed by atoms with Gasteiger partial charge in [-0.25, -0.2) is 8.42 Å². The summed E-state index contributed by atoms with van der Waals surface area (Å²) < 4.78 is 28.7. The Balaban J connectivity index is 1.55. The lowest BCUT2D eigenvalue weighted by atomic mass is 10.2. The van der Waals surface area contributed by atoms with Crippen LogP contribution in [0.15, 0.2) is 29.1 Å². The van der Waals surface area contributed by atoms with Crippen molar-refractivity contribution in [2.75, 3.05) is 17.3 Å². The van der Waals surface area contributed by atoms with Crippen molar-refractivity contribution in [1.82, 2.24) is 15.0 Å². The van der Waals surface area contributed by atoms with Crippen LogP contribution in [0, 0.1) is 0 Å². The molecule has 0 N–H and O–H groups in total. The molecule has 0 saturated carbocycles. The summed E-state index contributed by atoms with van der Waals surface area (Å²) in [6, 6.07) is 6.77. The van der Waals surface area contributed by atoms with E-state index in [9.17, 15) is 18.0 Å². The molecule has 1 saturated heterocycles. The van der Waals surface area contributed by atoms with Gasteiger partial charge in [-0.1, -0.05) is 17.3 Å². The fraction of sp³-hybridized carbons (Fsp3) is 0.429. The van der Waals surface area contributed by atoms with E-state index in [1.54, 1.807) is 24.3 Å². The number of fused-ring (bicyclic) bond motifs is 1. The van der Waals surface area contributed by atoms with E-state index < -0.39 is 15.8 Å². The highest BCUT2D eigenvalue weighted by molar-refractivity contribution is 8.02. The summed E-state index contributed by atoms with van der Waals surface area (Å²) in [5.41, 5.74) is 0.0889. The second-order valence-corrected chi connectivity index (χ2v) is 8.91. The maximum atomic E-state index is 12.2. The van der Waals surface area contributed by atoms with E-state index in [0.717, 1.165) is 4.68 Å². The van der Waals surface area contributed by atoms with Crippen LogP contribution in [0.2, 0.25) is 0 Å². The van der Waals surface area contributed by atoms with Gasteiger partial charge in [0.2, 0.25) is 0 Å². The Labute approximate surface area is 142 Å². The number of nitrogens with zero attached hydrogens (tertiary/aromatic N) is 3. The third kappa shape index (κ3) is 3.93. The Morgan fingerprint density at radius 1 is 1.38 bits per heavy atom. The van der Waals surface area contributed by atoms with Crippen LogP contribution in [-0.2, 0) is 26.1 Å². The number of aromatic nitrogens is 3. The first-order valence-electron chi connectivity index (χ1n) is 7.25. The molecule has 1 aromatic carbocycles. The van der Waals surface area contributed by atoms with Crippen LogP contribution < -0.4 is 5.56 Å². The van der Waals surface area contributed by atoms with Crippen molar-refractivity contribution in [3.05, 3.63) is 34.6 Å². The first kappa shape index (κ1) is 16.9. The number of carbonyl (C=O) groups is 1. The minimum absolute atomic E-state index is 0.0376. The van der Waals surface area contributed by atoms with Gasteiger partial charge in [-0.2, -0.15) is 4.68 Å². The lowest BCUT2D eigenvalue weighted by Gasteiger charge is -2.08. The van der Waals surface area contributed by atoms with Gasteiger partial charge in [0.15, 0.2) is 16.6 Å². The van der Waals surface area contributed by atoms with Crippen LogP contribution >= 0.6 is 11.8 Å². The highest BCUT2D eigenvalue weighted by atomic mass is 32.2. The van der Waals surface area contributed by atoms with Crippen molar-refractivity contribution >= 4 is 38.5 Å². The lowest BCUT2D eigenvalue weighted by Crippen LogP contribution is -2.27. The third-order valence-corrected chi connectivity index (χ3v) is 6.86. The van der Waals surface area contributed by atoms with Crippen molar-refractivity contribution in [2.24, 2.45) is 0 Å². The molecule has 10 heteroatoms. The lowest BCUT2D eigenvalue weighted by molar-refractivity contribution is -0.144. The van der Waals surface area contributed by atoms with Gasteiger partial charge in [0.1, 0.15) is 5.52 Å². The summed E-state index contributed by atoms with van der Waals surface area (Å²) in [5, 5.41) is 7.94. The molecular formula is C14H15N3O5S2. The smallest absolute Gasteiger partial charge is 0.317 e. The molecule has 1 aliphatic heterocycles. The molecule has 2 aromatic rings. The SMILES string of the molecule is O=C(CS[C@@H]1CCS(=O)(=O)C1)OCn1nnc2ccccc2c1=O. The van der Waals surface area contributed by atoms with Gasteiger partial charge in [-0.15, -0.1) is 16.9 Å². The Bertz CT molecular complexity index is 925. The Morgan fingerprint density at radius 2 is 2.17 bits per heavy atom. The van der Waals surface area contributed by atoms with Gasteiger partial charge in [0, 0.05) is 5.25 Å². The van der Waals surface area contributed by atoms with Crippen LogP contribution in [0.25, 0.3) is 10.9 Å². The van der Waals surface area contributed by atoms with E-state index >= 15 is 0 Å². The monoisotopic (exact) mass is 369 g/mol. The van der Waals surface area contributed by atoms with Gasteiger partial charge in [-0.05, 0) is 18.6 Å². The average Bonchev–Trinajstić information content (AvgIpc) is 2.92. The quantitative estimate of drug-likeness (QED) is 0.688. The number of esters is 1. The number of ether oxygens (including phenoxy) is 1. The third-order valence-electron chi connectivity index (χ3n) is 3.60. The normalized spacial score (nSPS) is 19.4. The fourth-order valence-electron chi connectivity index (χ4n) is 2.36. The molecule has 1 atom stereocenters. The van der Waals surface area contributed by atoms with E-state index in [0.29, 0.717) is 17.3 Å². The van der Waals surface area contributed by atoms with E-state index in [1.165, 1.54) is 11.8 Å². The van der Waals surface area contributed by atoms with Crippen molar-refractivity contribution in [3.8, 4) is 0 Å². The van der Waals surface area contributed by atoms with Crippen LogP contribution in [0.1, 0.15) is 6.42 Å². The zero-order valence-electron chi connectivity index (χ0n) is 12.6. The molecule has 0 amide bonds. The topological polar surface area (TPSA) is 108 Å². The predicted molar refractivity (Wildman–Crippen MR) is 89.4 cm³/mol. The highest BCUT2D eigenvalue weighted by Crippen LogP contribution is 2.24. The summed E-state index contributed by atoms with van der Waals surface area (Å²) in [6.45, 7) is -0.320. The first-order chi connectivity index (χ1) is 11.4. The van der Waals surface area contributed by atoms with Gasteiger partial charge in [0.05, 0.1) is 22.6 Å². The molecule has 24 heavy (non-hydrogen) atoms. The molecule has 3 rings (SSSR count). The van der Waals surface area contributed by atoms with Crippen LogP contribution in [-0.4, -0.2) is 51.9 Å². The molecule has 0 bridgehead atoms. The zero-order chi connectivity index (χ0) is 17.2. The maximum Gasteiger partial charge on any atom is 0.317 e. The van der Waals surface area contributed by atoms with Crippen LogP contribution in [0.5, 0.6) is 0 Å². The zero-order valence-corrected chi connectivity index (χ0v) is 14.3. The summed E-state index contributed by atoms with van der Waals surface area (Å²) >= 11 is 1.26. The molecule has 0 radical (unpaired) electrons. The summed E-state index contributed by atoms with van der Waals surface area (Å²) in [7, 11) is -2.96. The highest BCUT2D eigenvalue weighted by Gasteiger charge is 2.28. The van der Waals surface area contributed by atoms with Crippen molar-refractivity contribution in [1.29, 1.82) is 0 Å². The molecule has 0 aliphatic carbocycles. The minimum Gasteiger partial charge on any atom is -0.442 e. The molecule has 0 unspecified atom stereocenters. The molecule has 128 valence electrons. The second-order valence-electron chi connectivity index (χ2n) is 5.39. The minimum atomic E-state index is -2.96. The van der Waals surface area contributed by atoms with E-state index in [4.69, 9.17) is 4.74 Å². The van der Waals surface area contributed by atoms with E-state index in [2.05, 4.69) is 10.3 Å². The molecule has 1 aliphatic rings. The molecule has 8 nitrogen and oxygen atoms in total. The number of benzene rings is 1. The Kier molecular flexibility index (Phi) is 4.86. The number of hydrogen-bond acceptors (Lipinski definition) is 8. The largest absolute Gasteiger partial charge is 0.442 e. The Hall–Kier alpha value is -1.94. The van der Waals surface area contributed by atoms with Gasteiger partial charge < -0.3 is 4.74 Å². The number of hydrogen-bond donors (Lipinski definition) is 0. The summed E-state index contributed by atoms with van der Waals surface area (Å²) in [4.78, 5) is 23.9.